The summed E-state index contributed by atoms with van der Waals surface area (Å²) in [4.78, 5) is 9.22. The maximum Gasteiger partial charge on any atom is 0.289 e. The summed E-state index contributed by atoms with van der Waals surface area (Å²) in [5.74, 6) is 0. The Morgan fingerprint density at radius 1 is 1.47 bits per heavy atom. The molecule has 0 aliphatic carbocycles. The van der Waals surface area contributed by atoms with E-state index in [2.05, 4.69) is 0 Å². The zero-order chi connectivity index (χ0) is 11.8. The Hall–Kier alpha value is -1.18. The second-order valence-corrected chi connectivity index (χ2v) is 4.73. The lowest BCUT2D eigenvalue weighted by atomic mass is 10.2. The van der Waals surface area contributed by atoms with Crippen molar-refractivity contribution in [3.63, 3.8) is 0 Å². The monoisotopic (exact) mass is 250 g/mol. The van der Waals surface area contributed by atoms with Crippen molar-refractivity contribution < 1.29 is 13.3 Å². The largest absolute Gasteiger partial charge is 0.289 e. The molecule has 2 N–H and O–H groups in total. The van der Waals surface area contributed by atoms with Gasteiger partial charge in [0.2, 0.25) is 10.0 Å². The van der Waals surface area contributed by atoms with Gasteiger partial charge >= 0.3 is 0 Å². The van der Waals surface area contributed by atoms with Gasteiger partial charge in [-0.3, -0.25) is 10.1 Å². The molecule has 8 heteroatoms. The van der Waals surface area contributed by atoms with Crippen molar-refractivity contribution in [3.8, 4) is 0 Å². The van der Waals surface area contributed by atoms with E-state index in [1.807, 2.05) is 0 Å². The van der Waals surface area contributed by atoms with Crippen LogP contribution in [-0.2, 0) is 10.0 Å². The van der Waals surface area contributed by atoms with Gasteiger partial charge in [0.1, 0.15) is 0 Å². The smallest absolute Gasteiger partial charge is 0.258 e. The summed E-state index contributed by atoms with van der Waals surface area (Å²) in [7, 11) is -4.16. The van der Waals surface area contributed by atoms with Gasteiger partial charge in [-0.15, -0.1) is 0 Å². The minimum Gasteiger partial charge on any atom is -0.258 e. The van der Waals surface area contributed by atoms with E-state index in [1.54, 1.807) is 0 Å². The van der Waals surface area contributed by atoms with Crippen molar-refractivity contribution in [1.29, 1.82) is 0 Å². The van der Waals surface area contributed by atoms with Crippen LogP contribution in [0.5, 0.6) is 0 Å². The van der Waals surface area contributed by atoms with E-state index in [1.165, 1.54) is 13.0 Å². The van der Waals surface area contributed by atoms with Crippen LogP contribution in [0, 0.1) is 17.0 Å². The summed E-state index contributed by atoms with van der Waals surface area (Å²) in [5.41, 5.74) is -0.493. The Morgan fingerprint density at radius 2 is 2.00 bits per heavy atom. The van der Waals surface area contributed by atoms with Crippen molar-refractivity contribution >= 4 is 27.3 Å². The van der Waals surface area contributed by atoms with Crippen LogP contribution in [-0.4, -0.2) is 13.3 Å². The van der Waals surface area contributed by atoms with Crippen molar-refractivity contribution in [2.24, 2.45) is 5.14 Å². The lowest BCUT2D eigenvalue weighted by Gasteiger charge is -2.05. The third-order valence-electron chi connectivity index (χ3n) is 1.80. The maximum atomic E-state index is 11.1. The quantitative estimate of drug-likeness (QED) is 0.629. The highest BCUT2D eigenvalue weighted by molar-refractivity contribution is 7.89. The molecule has 0 spiro atoms. The predicted molar refractivity (Wildman–Crippen MR) is 54.2 cm³/mol. The Labute approximate surface area is 90.9 Å². The first-order valence-electron chi connectivity index (χ1n) is 3.71. The first-order valence-corrected chi connectivity index (χ1v) is 5.64. The fraction of sp³-hybridized carbons (Fsp3) is 0.143. The lowest BCUT2D eigenvalue weighted by molar-refractivity contribution is -0.387. The molecule has 0 heterocycles. The summed E-state index contributed by atoms with van der Waals surface area (Å²) in [5, 5.41) is 15.6. The Balaban J connectivity index is 3.72. The average molecular weight is 251 g/mol. The van der Waals surface area contributed by atoms with E-state index in [0.717, 1.165) is 6.07 Å². The van der Waals surface area contributed by atoms with Gasteiger partial charge in [0.25, 0.3) is 5.69 Å². The van der Waals surface area contributed by atoms with Crippen LogP contribution < -0.4 is 5.14 Å². The van der Waals surface area contributed by atoms with Crippen LogP contribution in [0.15, 0.2) is 17.0 Å². The standard InChI is InChI=1S/C7H7ClN2O4S/c1-4-5(8)2-3-6(10(11)12)7(4)15(9,13)14/h2-3H,1H3,(H2,9,13,14). The molecule has 0 saturated heterocycles. The second-order valence-electron chi connectivity index (χ2n) is 2.82. The highest BCUT2D eigenvalue weighted by Crippen LogP contribution is 2.30. The molecule has 0 aliphatic rings. The molecular weight excluding hydrogens is 244 g/mol. The molecule has 0 aliphatic heterocycles. The van der Waals surface area contributed by atoms with Crippen LogP contribution in [0.2, 0.25) is 5.02 Å². The summed E-state index contributed by atoms with van der Waals surface area (Å²) in [6.45, 7) is 1.36. The molecule has 1 aromatic carbocycles. The molecule has 15 heavy (non-hydrogen) atoms. The molecule has 6 nitrogen and oxygen atoms in total. The van der Waals surface area contributed by atoms with E-state index < -0.39 is 25.5 Å². The number of hydrogen-bond acceptors (Lipinski definition) is 4. The number of primary sulfonamides is 1. The molecule has 0 fully saturated rings. The van der Waals surface area contributed by atoms with Gasteiger partial charge in [0.15, 0.2) is 4.90 Å². The molecule has 0 unspecified atom stereocenters. The number of nitrogens with two attached hydrogens (primary N) is 1. The molecule has 0 bridgehead atoms. The van der Waals surface area contributed by atoms with Crippen molar-refractivity contribution in [2.75, 3.05) is 0 Å². The van der Waals surface area contributed by atoms with E-state index >= 15 is 0 Å². The normalized spacial score (nSPS) is 11.4. The predicted octanol–water partition coefficient (Wildman–Crippen LogP) is 1.20. The fourth-order valence-corrected chi connectivity index (χ4v) is 2.34. The molecule has 1 aromatic rings. The van der Waals surface area contributed by atoms with E-state index in [9.17, 15) is 18.5 Å². The van der Waals surface area contributed by atoms with E-state index in [4.69, 9.17) is 16.7 Å². The molecular formula is C7H7ClN2O4S. The summed E-state index contributed by atoms with van der Waals surface area (Å²) in [6.07, 6.45) is 0. The molecule has 0 atom stereocenters. The first-order chi connectivity index (χ1) is 6.75. The highest BCUT2D eigenvalue weighted by atomic mass is 35.5. The highest BCUT2D eigenvalue weighted by Gasteiger charge is 2.26. The van der Waals surface area contributed by atoms with Gasteiger partial charge in [-0.05, 0) is 18.6 Å². The van der Waals surface area contributed by atoms with Crippen molar-refractivity contribution in [2.45, 2.75) is 11.8 Å². The third-order valence-corrected chi connectivity index (χ3v) is 3.29. The summed E-state index contributed by atoms with van der Waals surface area (Å²) < 4.78 is 22.3. The van der Waals surface area contributed by atoms with Crippen LogP contribution in [0.4, 0.5) is 5.69 Å². The van der Waals surface area contributed by atoms with Gasteiger partial charge in [-0.2, -0.15) is 0 Å². The second kappa shape index (κ2) is 3.76. The van der Waals surface area contributed by atoms with Gasteiger partial charge in [-0.25, -0.2) is 13.6 Å². The van der Waals surface area contributed by atoms with Gasteiger partial charge < -0.3 is 0 Å². The maximum absolute atomic E-state index is 11.1. The number of sulfonamides is 1. The van der Waals surface area contributed by atoms with Crippen molar-refractivity contribution in [3.05, 3.63) is 32.8 Å². The fourth-order valence-electron chi connectivity index (χ4n) is 1.16. The molecule has 0 aromatic heterocycles. The number of nitrogens with zero attached hydrogens (tertiary/aromatic N) is 1. The number of hydrogen-bond donors (Lipinski definition) is 1. The lowest BCUT2D eigenvalue weighted by Crippen LogP contribution is -2.16. The Bertz CT molecular complexity index is 526. The molecule has 0 amide bonds. The number of nitro benzene ring substituents is 1. The number of halogens is 1. The van der Waals surface area contributed by atoms with Crippen LogP contribution in [0.1, 0.15) is 5.56 Å². The molecule has 0 radical (unpaired) electrons. The number of rotatable bonds is 2. The molecule has 1 rings (SSSR count). The Morgan fingerprint density at radius 3 is 2.40 bits per heavy atom. The van der Waals surface area contributed by atoms with Crippen LogP contribution in [0.25, 0.3) is 0 Å². The van der Waals surface area contributed by atoms with Crippen LogP contribution >= 0.6 is 11.6 Å². The SMILES string of the molecule is Cc1c(Cl)ccc([N+](=O)[O-])c1S(N)(=O)=O. The van der Waals surface area contributed by atoms with Crippen molar-refractivity contribution in [1.82, 2.24) is 0 Å². The molecule has 82 valence electrons. The number of benzene rings is 1. The Kier molecular flexibility index (Phi) is 2.98. The minimum atomic E-state index is -4.16. The van der Waals surface area contributed by atoms with Crippen LogP contribution in [0.3, 0.4) is 0 Å². The van der Waals surface area contributed by atoms with Gasteiger partial charge in [0, 0.05) is 11.1 Å². The van der Waals surface area contributed by atoms with E-state index in [-0.39, 0.29) is 10.6 Å². The van der Waals surface area contributed by atoms with Gasteiger partial charge in [-0.1, -0.05) is 11.6 Å². The van der Waals surface area contributed by atoms with E-state index in [0.29, 0.717) is 0 Å². The summed E-state index contributed by atoms with van der Waals surface area (Å²) in [6, 6.07) is 2.26. The first kappa shape index (κ1) is 11.9. The average Bonchev–Trinajstić information content (AvgIpc) is 2.06. The zero-order valence-corrected chi connectivity index (χ0v) is 9.17. The third kappa shape index (κ3) is 2.25. The number of nitro groups is 1. The van der Waals surface area contributed by atoms with Gasteiger partial charge in [0.05, 0.1) is 4.92 Å². The molecule has 0 saturated carbocycles. The zero-order valence-electron chi connectivity index (χ0n) is 7.60. The minimum absolute atomic E-state index is 0.0772. The summed E-state index contributed by atoms with van der Waals surface area (Å²) >= 11 is 5.65. The topological polar surface area (TPSA) is 103 Å².